The Labute approximate surface area is 89.6 Å². The Bertz CT molecular complexity index is 233. The van der Waals surface area contributed by atoms with Crippen LogP contribution in [0.4, 0.5) is 0 Å². The molecule has 74 valence electrons. The summed E-state index contributed by atoms with van der Waals surface area (Å²) in [6.45, 7) is 4.19. The highest BCUT2D eigenvalue weighted by molar-refractivity contribution is 8.00. The third kappa shape index (κ3) is 2.29. The van der Waals surface area contributed by atoms with Crippen molar-refractivity contribution >= 4 is 28.5 Å². The van der Waals surface area contributed by atoms with Crippen LogP contribution >= 0.6 is 23.4 Å². The van der Waals surface area contributed by atoms with Gasteiger partial charge in [0.25, 0.3) is 0 Å². The van der Waals surface area contributed by atoms with E-state index in [0.29, 0.717) is 11.1 Å². The van der Waals surface area contributed by atoms with E-state index in [1.54, 1.807) is 0 Å². The first-order valence-electron chi connectivity index (χ1n) is 4.58. The molecule has 1 saturated carbocycles. The number of allylic oxidation sites excluding steroid dienone is 2. The lowest BCUT2D eigenvalue weighted by atomic mass is 9.80. The van der Waals surface area contributed by atoms with E-state index in [1.165, 1.54) is 6.42 Å². The molecule has 13 heavy (non-hydrogen) atoms. The van der Waals surface area contributed by atoms with Crippen molar-refractivity contribution < 1.29 is 0 Å². The van der Waals surface area contributed by atoms with Crippen molar-refractivity contribution in [3.8, 4) is 0 Å². The minimum Gasteiger partial charge on any atom is -0.255 e. The van der Waals surface area contributed by atoms with Gasteiger partial charge in [0.1, 0.15) is 10.0 Å². The summed E-state index contributed by atoms with van der Waals surface area (Å²) in [5, 5.41) is 0.628. The Kier molecular flexibility index (Phi) is 3.87. The second-order valence-electron chi connectivity index (χ2n) is 3.42. The molecular weight excluding hydrogens is 202 g/mol. The third-order valence-corrected chi connectivity index (χ3v) is 4.27. The van der Waals surface area contributed by atoms with Gasteiger partial charge in [0.15, 0.2) is 0 Å². The minimum absolute atomic E-state index is 0.0661. The lowest BCUT2D eigenvalue weighted by Crippen LogP contribution is -2.40. The maximum Gasteiger partial charge on any atom is 0.124 e. The lowest BCUT2D eigenvalue weighted by Gasteiger charge is -2.43. The van der Waals surface area contributed by atoms with Crippen LogP contribution in [0.5, 0.6) is 0 Å². The molecule has 0 aromatic carbocycles. The zero-order valence-electron chi connectivity index (χ0n) is 8.38. The maximum absolute atomic E-state index is 5.97. The molecule has 0 aromatic rings. The zero-order chi connectivity index (χ0) is 9.90. The summed E-state index contributed by atoms with van der Waals surface area (Å²) in [5.41, 5.74) is 0. The molecule has 1 fully saturated rings. The number of aliphatic imine (C=N–C) groups is 1. The van der Waals surface area contributed by atoms with Gasteiger partial charge in [0.2, 0.25) is 0 Å². The molecule has 0 aromatic heterocycles. The average Bonchev–Trinajstić information content (AvgIpc) is 2.12. The Morgan fingerprint density at radius 3 is 2.69 bits per heavy atom. The largest absolute Gasteiger partial charge is 0.255 e. The predicted molar refractivity (Wildman–Crippen MR) is 62.7 cm³/mol. The molecule has 1 aliphatic carbocycles. The van der Waals surface area contributed by atoms with Crippen LogP contribution in [0.25, 0.3) is 0 Å². The van der Waals surface area contributed by atoms with Crippen LogP contribution in [0, 0.1) is 5.92 Å². The summed E-state index contributed by atoms with van der Waals surface area (Å²) in [6.07, 6.45) is 8.31. The smallest absolute Gasteiger partial charge is 0.124 e. The van der Waals surface area contributed by atoms with E-state index in [-0.39, 0.29) is 4.87 Å². The fourth-order valence-electron chi connectivity index (χ4n) is 1.55. The summed E-state index contributed by atoms with van der Waals surface area (Å²) < 4.78 is 0. The number of nitrogens with zero attached hydrogens (tertiary/aromatic N) is 1. The van der Waals surface area contributed by atoms with Gasteiger partial charge in [-0.25, -0.2) is 0 Å². The normalized spacial score (nSPS) is 35.1. The van der Waals surface area contributed by atoms with Crippen molar-refractivity contribution in [2.45, 2.75) is 31.6 Å². The van der Waals surface area contributed by atoms with E-state index in [9.17, 15) is 0 Å². The number of thioether (sulfide) groups is 1. The summed E-state index contributed by atoms with van der Waals surface area (Å²) in [7, 11) is 0. The summed E-state index contributed by atoms with van der Waals surface area (Å²) >= 11 is 7.79. The maximum atomic E-state index is 5.97. The first-order chi connectivity index (χ1) is 6.14. The molecule has 1 rings (SSSR count). The molecule has 1 nitrogen and oxygen atoms in total. The van der Waals surface area contributed by atoms with Crippen LogP contribution in [0.1, 0.15) is 26.7 Å². The van der Waals surface area contributed by atoms with Gasteiger partial charge < -0.3 is 0 Å². The third-order valence-electron chi connectivity index (χ3n) is 2.66. The topological polar surface area (TPSA) is 12.4 Å². The molecule has 0 spiro atoms. The fourth-order valence-corrected chi connectivity index (χ4v) is 2.91. The van der Waals surface area contributed by atoms with Crippen molar-refractivity contribution in [2.75, 3.05) is 6.26 Å². The van der Waals surface area contributed by atoms with Crippen LogP contribution in [0.15, 0.2) is 17.1 Å². The first-order valence-corrected chi connectivity index (χ1v) is 6.18. The van der Waals surface area contributed by atoms with Gasteiger partial charge in [0, 0.05) is 0 Å². The number of hydrogen-bond donors (Lipinski definition) is 0. The molecule has 0 radical (unpaired) electrons. The van der Waals surface area contributed by atoms with Crippen molar-refractivity contribution in [1.82, 2.24) is 0 Å². The summed E-state index contributed by atoms with van der Waals surface area (Å²) in [5.74, 6) is 0.654. The van der Waals surface area contributed by atoms with Gasteiger partial charge in [-0.2, -0.15) is 0 Å². The van der Waals surface area contributed by atoms with Gasteiger partial charge in [0.05, 0.1) is 0 Å². The van der Waals surface area contributed by atoms with E-state index < -0.39 is 0 Å². The average molecular weight is 218 g/mol. The van der Waals surface area contributed by atoms with E-state index >= 15 is 0 Å². The predicted octanol–water partition coefficient (Wildman–Crippen LogP) is 3.69. The molecule has 0 heterocycles. The van der Waals surface area contributed by atoms with Crippen LogP contribution in [0.2, 0.25) is 0 Å². The molecular formula is C10H16ClNS. The molecule has 2 atom stereocenters. The highest BCUT2D eigenvalue weighted by Crippen LogP contribution is 2.49. The molecule has 0 bridgehead atoms. The van der Waals surface area contributed by atoms with Crippen LogP contribution < -0.4 is 0 Å². The molecule has 3 heteroatoms. The molecule has 0 N–H and O–H groups in total. The molecule has 2 unspecified atom stereocenters. The van der Waals surface area contributed by atoms with E-state index in [2.05, 4.69) is 18.2 Å². The number of halogens is 1. The highest BCUT2D eigenvalue weighted by Gasteiger charge is 2.43. The molecule has 1 aliphatic rings. The van der Waals surface area contributed by atoms with E-state index in [0.717, 1.165) is 6.42 Å². The van der Waals surface area contributed by atoms with Gasteiger partial charge in [-0.3, -0.25) is 4.99 Å². The molecule has 0 aliphatic heterocycles. The molecule has 0 amide bonds. The minimum atomic E-state index is 0.0661. The highest BCUT2D eigenvalue weighted by atomic mass is 35.5. The van der Waals surface area contributed by atoms with Gasteiger partial charge in [-0.05, 0) is 38.0 Å². The van der Waals surface area contributed by atoms with Crippen molar-refractivity contribution in [3.05, 3.63) is 12.2 Å². The van der Waals surface area contributed by atoms with Crippen molar-refractivity contribution in [2.24, 2.45) is 10.9 Å². The molecule has 0 saturated heterocycles. The number of rotatable bonds is 3. The Hall–Kier alpha value is 0.0500. The van der Waals surface area contributed by atoms with Crippen molar-refractivity contribution in [3.63, 3.8) is 0 Å². The standard InChI is InChI=1S/C10H16ClNS/c1-4-5-9(11)12-10(13-3)7-6-8(10)2/h4-5,8H,6-7H2,1-3H3/b5-4-,12-9+. The summed E-state index contributed by atoms with van der Waals surface area (Å²) in [4.78, 5) is 4.63. The lowest BCUT2D eigenvalue weighted by molar-refractivity contribution is 0.249. The monoisotopic (exact) mass is 217 g/mol. The SMILES string of the molecule is C/C=C\C(Cl)=N/C1(SC)CCC1C. The van der Waals surface area contributed by atoms with Crippen LogP contribution in [-0.4, -0.2) is 16.3 Å². The van der Waals surface area contributed by atoms with E-state index in [1.807, 2.05) is 30.8 Å². The van der Waals surface area contributed by atoms with E-state index in [4.69, 9.17) is 11.6 Å². The second kappa shape index (κ2) is 4.52. The summed E-state index contributed by atoms with van der Waals surface area (Å²) in [6, 6.07) is 0. The quantitative estimate of drug-likeness (QED) is 0.657. The zero-order valence-corrected chi connectivity index (χ0v) is 9.95. The Balaban J connectivity index is 2.73. The van der Waals surface area contributed by atoms with Crippen molar-refractivity contribution in [1.29, 1.82) is 0 Å². The Morgan fingerprint density at radius 1 is 1.69 bits per heavy atom. The Morgan fingerprint density at radius 2 is 2.38 bits per heavy atom. The second-order valence-corrected chi connectivity index (χ2v) is 4.93. The van der Waals surface area contributed by atoms with Gasteiger partial charge >= 0.3 is 0 Å². The van der Waals surface area contributed by atoms with Gasteiger partial charge in [-0.1, -0.05) is 24.6 Å². The van der Waals surface area contributed by atoms with Gasteiger partial charge in [-0.15, -0.1) is 11.8 Å². The fraction of sp³-hybridized carbons (Fsp3) is 0.700. The van der Waals surface area contributed by atoms with Crippen LogP contribution in [-0.2, 0) is 0 Å². The number of hydrogen-bond acceptors (Lipinski definition) is 2. The first kappa shape index (κ1) is 11.1. The van der Waals surface area contributed by atoms with Crippen LogP contribution in [0.3, 0.4) is 0 Å².